The molecule has 0 aromatic heterocycles. The molecule has 0 radical (unpaired) electrons. The Labute approximate surface area is 75.4 Å². The Bertz CT molecular complexity index is 332. The maximum Gasteiger partial charge on any atom is 0.264 e. The first-order valence-corrected chi connectivity index (χ1v) is 3.92. The van der Waals surface area contributed by atoms with Crippen molar-refractivity contribution in [2.75, 3.05) is 0 Å². The van der Waals surface area contributed by atoms with Crippen LogP contribution in [0.3, 0.4) is 0 Å². The maximum atomic E-state index is 12.4. The summed E-state index contributed by atoms with van der Waals surface area (Å²) >= 11 is 0. The number of benzene rings is 1. The first kappa shape index (κ1) is 9.84. The lowest BCUT2D eigenvalue weighted by molar-refractivity contribution is 0.0998. The number of hydrogen-bond acceptors (Lipinski definition) is 1. The van der Waals surface area contributed by atoms with Gasteiger partial charge in [0.1, 0.15) is 0 Å². The number of ketones is 1. The average Bonchev–Trinajstić information content (AvgIpc) is 2.02. The molecule has 0 aliphatic rings. The number of Topliss-reactive ketones (excluding diaryl/α,β-unsaturated/α-hetero) is 1. The maximum absolute atomic E-state index is 12.4. The number of aryl methyl sites for hydroxylation is 1. The Morgan fingerprint density at radius 2 is 2.00 bits per heavy atom. The first-order chi connectivity index (χ1) is 6.04. The fourth-order valence-electron chi connectivity index (χ4n) is 1.35. The Morgan fingerprint density at radius 3 is 2.38 bits per heavy atom. The molecule has 0 unspecified atom stereocenters. The van der Waals surface area contributed by atoms with Crippen LogP contribution in [0.1, 0.15) is 34.8 Å². The number of rotatable bonds is 2. The molecule has 13 heavy (non-hydrogen) atoms. The summed E-state index contributed by atoms with van der Waals surface area (Å²) < 4.78 is 24.8. The zero-order valence-electron chi connectivity index (χ0n) is 7.47. The Kier molecular flexibility index (Phi) is 2.76. The summed E-state index contributed by atoms with van der Waals surface area (Å²) in [4.78, 5) is 11.1. The van der Waals surface area contributed by atoms with E-state index in [1.54, 1.807) is 13.0 Å². The van der Waals surface area contributed by atoms with Gasteiger partial charge in [-0.3, -0.25) is 4.79 Å². The normalized spacial score (nSPS) is 10.5. The van der Waals surface area contributed by atoms with E-state index in [2.05, 4.69) is 0 Å². The molecule has 0 heterocycles. The van der Waals surface area contributed by atoms with Gasteiger partial charge in [-0.2, -0.15) is 0 Å². The van der Waals surface area contributed by atoms with Crippen LogP contribution in [-0.2, 0) is 0 Å². The molecule has 3 heteroatoms. The van der Waals surface area contributed by atoms with Gasteiger partial charge in [0, 0.05) is 11.1 Å². The van der Waals surface area contributed by atoms with Crippen molar-refractivity contribution in [1.82, 2.24) is 0 Å². The lowest BCUT2D eigenvalue weighted by Crippen LogP contribution is -2.02. The van der Waals surface area contributed by atoms with Crippen molar-refractivity contribution in [3.63, 3.8) is 0 Å². The van der Waals surface area contributed by atoms with Crippen LogP contribution in [0, 0.1) is 6.92 Å². The van der Waals surface area contributed by atoms with E-state index >= 15 is 0 Å². The van der Waals surface area contributed by atoms with Crippen LogP contribution in [0.25, 0.3) is 0 Å². The van der Waals surface area contributed by atoms with Crippen LogP contribution >= 0.6 is 0 Å². The second-order valence-electron chi connectivity index (χ2n) is 2.90. The monoisotopic (exact) mass is 184 g/mol. The second-order valence-corrected chi connectivity index (χ2v) is 2.90. The zero-order valence-corrected chi connectivity index (χ0v) is 7.47. The standard InChI is InChI=1S/C10H10F2O/c1-6-4-3-5-8(10(11)12)9(6)7(2)13/h3-5,10H,1-2H3. The fourth-order valence-corrected chi connectivity index (χ4v) is 1.35. The zero-order chi connectivity index (χ0) is 10.0. The molecular formula is C10H10F2O. The minimum atomic E-state index is -2.58. The molecule has 70 valence electrons. The summed E-state index contributed by atoms with van der Waals surface area (Å²) in [6.45, 7) is 2.96. The summed E-state index contributed by atoms with van der Waals surface area (Å²) in [5.74, 6) is -0.312. The molecule has 0 aliphatic heterocycles. The van der Waals surface area contributed by atoms with Crippen LogP contribution in [0.2, 0.25) is 0 Å². The highest BCUT2D eigenvalue weighted by atomic mass is 19.3. The fraction of sp³-hybridized carbons (Fsp3) is 0.300. The molecule has 0 bridgehead atoms. The third kappa shape index (κ3) is 1.91. The molecule has 0 fully saturated rings. The van der Waals surface area contributed by atoms with Crippen molar-refractivity contribution >= 4 is 5.78 Å². The SMILES string of the molecule is CC(=O)c1c(C)cccc1C(F)F. The number of carbonyl (C=O) groups excluding carboxylic acids is 1. The smallest absolute Gasteiger partial charge is 0.264 e. The van der Waals surface area contributed by atoms with Crippen molar-refractivity contribution < 1.29 is 13.6 Å². The minimum Gasteiger partial charge on any atom is -0.294 e. The van der Waals surface area contributed by atoms with Gasteiger partial charge in [-0.25, -0.2) is 8.78 Å². The Balaban J connectivity index is 3.34. The van der Waals surface area contributed by atoms with E-state index in [9.17, 15) is 13.6 Å². The predicted molar refractivity (Wildman–Crippen MR) is 46.1 cm³/mol. The molecule has 0 atom stereocenters. The summed E-state index contributed by atoms with van der Waals surface area (Å²) in [6, 6.07) is 4.47. The predicted octanol–water partition coefficient (Wildman–Crippen LogP) is 3.14. The van der Waals surface area contributed by atoms with E-state index in [0.717, 1.165) is 0 Å². The Hall–Kier alpha value is -1.25. The van der Waals surface area contributed by atoms with E-state index < -0.39 is 6.43 Å². The van der Waals surface area contributed by atoms with Gasteiger partial charge in [0.05, 0.1) is 0 Å². The van der Waals surface area contributed by atoms with Crippen LogP contribution in [0.4, 0.5) is 8.78 Å². The minimum absolute atomic E-state index is 0.150. The van der Waals surface area contributed by atoms with Crippen molar-refractivity contribution in [3.05, 3.63) is 34.9 Å². The molecule has 1 aromatic carbocycles. The van der Waals surface area contributed by atoms with Crippen molar-refractivity contribution in [2.24, 2.45) is 0 Å². The van der Waals surface area contributed by atoms with Crippen LogP contribution in [0.15, 0.2) is 18.2 Å². The number of hydrogen-bond donors (Lipinski definition) is 0. The van der Waals surface area contributed by atoms with E-state index in [1.807, 2.05) is 0 Å². The van der Waals surface area contributed by atoms with E-state index in [4.69, 9.17) is 0 Å². The number of carbonyl (C=O) groups is 1. The van der Waals surface area contributed by atoms with Crippen LogP contribution < -0.4 is 0 Å². The summed E-state index contributed by atoms with van der Waals surface area (Å²) in [5, 5.41) is 0. The van der Waals surface area contributed by atoms with Gasteiger partial charge in [0.15, 0.2) is 5.78 Å². The highest BCUT2D eigenvalue weighted by Gasteiger charge is 2.16. The van der Waals surface area contributed by atoms with E-state index in [0.29, 0.717) is 5.56 Å². The van der Waals surface area contributed by atoms with Gasteiger partial charge in [0.25, 0.3) is 6.43 Å². The van der Waals surface area contributed by atoms with Gasteiger partial charge in [-0.15, -0.1) is 0 Å². The van der Waals surface area contributed by atoms with Gasteiger partial charge < -0.3 is 0 Å². The Morgan fingerprint density at radius 1 is 1.38 bits per heavy atom. The molecule has 1 nitrogen and oxygen atoms in total. The highest BCUT2D eigenvalue weighted by Crippen LogP contribution is 2.25. The molecule has 0 spiro atoms. The summed E-state index contributed by atoms with van der Waals surface area (Å²) in [5.41, 5.74) is 0.579. The van der Waals surface area contributed by atoms with Gasteiger partial charge >= 0.3 is 0 Å². The molecule has 0 saturated heterocycles. The van der Waals surface area contributed by atoms with Crippen LogP contribution in [0.5, 0.6) is 0 Å². The lowest BCUT2D eigenvalue weighted by Gasteiger charge is -2.08. The van der Waals surface area contributed by atoms with E-state index in [1.165, 1.54) is 19.1 Å². The van der Waals surface area contributed by atoms with Gasteiger partial charge in [-0.05, 0) is 19.4 Å². The van der Waals surface area contributed by atoms with Crippen molar-refractivity contribution in [2.45, 2.75) is 20.3 Å². The third-order valence-corrected chi connectivity index (χ3v) is 1.89. The quantitative estimate of drug-likeness (QED) is 0.645. The summed E-state index contributed by atoms with van der Waals surface area (Å²) in [7, 11) is 0. The number of alkyl halides is 2. The molecule has 1 rings (SSSR count). The molecule has 0 amide bonds. The second kappa shape index (κ2) is 3.64. The van der Waals surface area contributed by atoms with Gasteiger partial charge in [0.2, 0.25) is 0 Å². The lowest BCUT2D eigenvalue weighted by atomic mass is 9.99. The highest BCUT2D eigenvalue weighted by molar-refractivity contribution is 5.97. The summed E-state index contributed by atoms with van der Waals surface area (Å²) in [6.07, 6.45) is -2.58. The first-order valence-electron chi connectivity index (χ1n) is 3.92. The molecule has 0 aliphatic carbocycles. The van der Waals surface area contributed by atoms with Crippen LogP contribution in [-0.4, -0.2) is 5.78 Å². The largest absolute Gasteiger partial charge is 0.294 e. The van der Waals surface area contributed by atoms with Crippen molar-refractivity contribution in [3.8, 4) is 0 Å². The molecule has 0 saturated carbocycles. The number of halogens is 2. The molecule has 0 N–H and O–H groups in total. The molecular weight excluding hydrogens is 174 g/mol. The average molecular weight is 184 g/mol. The third-order valence-electron chi connectivity index (χ3n) is 1.89. The molecule has 1 aromatic rings. The van der Waals surface area contributed by atoms with E-state index in [-0.39, 0.29) is 16.9 Å². The van der Waals surface area contributed by atoms with Gasteiger partial charge in [-0.1, -0.05) is 18.2 Å². The van der Waals surface area contributed by atoms with Crippen molar-refractivity contribution in [1.29, 1.82) is 0 Å². The topological polar surface area (TPSA) is 17.1 Å².